The maximum atomic E-state index is 5.69. The molecule has 1 unspecified atom stereocenters. The fourth-order valence-corrected chi connectivity index (χ4v) is 0.638. The lowest BCUT2D eigenvalue weighted by Gasteiger charge is -2.23. The number of nitrogens with two attached hydrogens (primary N) is 1. The normalized spacial score (nSPS) is 31.7. The molecule has 1 rings (SSSR count). The predicted molar refractivity (Wildman–Crippen MR) is 38.5 cm³/mol. The quantitative estimate of drug-likeness (QED) is 0.497. The molecular formula is C7H10N2. The average Bonchev–Trinajstić information content (AvgIpc) is 1.90. The molecule has 0 amide bonds. The van der Waals surface area contributed by atoms with Gasteiger partial charge in [-0.25, -0.2) is 0 Å². The molecule has 0 saturated carbocycles. The third-order valence-electron chi connectivity index (χ3n) is 1.25. The second kappa shape index (κ2) is 2.07. The number of nitrogens with one attached hydrogen (secondary N) is 1. The second-order valence-corrected chi connectivity index (χ2v) is 2.00. The van der Waals surface area contributed by atoms with Crippen LogP contribution in [-0.4, -0.2) is 5.66 Å². The Bertz CT molecular complexity index is 170. The molecule has 0 aromatic carbocycles. The van der Waals surface area contributed by atoms with Crippen LogP contribution in [0.3, 0.4) is 0 Å². The van der Waals surface area contributed by atoms with Crippen LogP contribution in [0.15, 0.2) is 37.1 Å². The Labute approximate surface area is 54.7 Å². The van der Waals surface area contributed by atoms with Gasteiger partial charge in [-0.3, -0.25) is 0 Å². The standard InChI is InChI=1S/C7H10N2/c1-2-7(8)5-3-4-6-9-7/h2-6,9H,1,8H2. The Hall–Kier alpha value is -1.02. The van der Waals surface area contributed by atoms with E-state index in [1.807, 2.05) is 18.2 Å². The van der Waals surface area contributed by atoms with Crippen LogP contribution >= 0.6 is 0 Å². The smallest absolute Gasteiger partial charge is 0.124 e. The fraction of sp³-hybridized carbons (Fsp3) is 0.143. The summed E-state index contributed by atoms with van der Waals surface area (Å²) in [5.41, 5.74) is 5.16. The van der Waals surface area contributed by atoms with Crippen molar-refractivity contribution in [1.82, 2.24) is 5.32 Å². The Balaban J connectivity index is 2.73. The van der Waals surface area contributed by atoms with Gasteiger partial charge in [-0.1, -0.05) is 12.7 Å². The molecule has 9 heavy (non-hydrogen) atoms. The number of hydrogen-bond acceptors (Lipinski definition) is 2. The number of dihydropyridines is 1. The molecule has 0 bridgehead atoms. The lowest BCUT2D eigenvalue weighted by Crippen LogP contribution is -2.48. The van der Waals surface area contributed by atoms with Crippen molar-refractivity contribution >= 4 is 0 Å². The summed E-state index contributed by atoms with van der Waals surface area (Å²) in [5.74, 6) is 0. The van der Waals surface area contributed by atoms with Crippen molar-refractivity contribution < 1.29 is 0 Å². The van der Waals surface area contributed by atoms with E-state index < -0.39 is 5.66 Å². The molecule has 0 saturated heterocycles. The van der Waals surface area contributed by atoms with Gasteiger partial charge in [-0.15, -0.1) is 0 Å². The topological polar surface area (TPSA) is 38.0 Å². The number of allylic oxidation sites excluding steroid dienone is 2. The monoisotopic (exact) mass is 122 g/mol. The minimum atomic E-state index is -0.533. The van der Waals surface area contributed by atoms with Gasteiger partial charge in [0.15, 0.2) is 0 Å². The van der Waals surface area contributed by atoms with E-state index >= 15 is 0 Å². The maximum Gasteiger partial charge on any atom is 0.124 e. The van der Waals surface area contributed by atoms with Gasteiger partial charge in [0.05, 0.1) is 0 Å². The van der Waals surface area contributed by atoms with Crippen molar-refractivity contribution in [3.05, 3.63) is 37.1 Å². The van der Waals surface area contributed by atoms with Crippen molar-refractivity contribution in [3.8, 4) is 0 Å². The zero-order chi connectivity index (χ0) is 6.74. The van der Waals surface area contributed by atoms with Crippen molar-refractivity contribution in [3.63, 3.8) is 0 Å². The van der Waals surface area contributed by atoms with E-state index in [0.717, 1.165) is 0 Å². The third-order valence-corrected chi connectivity index (χ3v) is 1.25. The number of hydrogen-bond donors (Lipinski definition) is 2. The van der Waals surface area contributed by atoms with Crippen LogP contribution in [0.2, 0.25) is 0 Å². The molecule has 1 aliphatic rings. The van der Waals surface area contributed by atoms with Crippen LogP contribution in [0.1, 0.15) is 0 Å². The summed E-state index contributed by atoms with van der Waals surface area (Å²) in [4.78, 5) is 0. The van der Waals surface area contributed by atoms with Gasteiger partial charge in [0.1, 0.15) is 5.66 Å². The lowest BCUT2D eigenvalue weighted by molar-refractivity contribution is 0.582. The van der Waals surface area contributed by atoms with Crippen molar-refractivity contribution in [2.45, 2.75) is 5.66 Å². The molecule has 0 fully saturated rings. The molecule has 0 aromatic heterocycles. The average molecular weight is 122 g/mol. The maximum absolute atomic E-state index is 5.69. The second-order valence-electron chi connectivity index (χ2n) is 2.00. The first-order valence-electron chi connectivity index (χ1n) is 2.81. The summed E-state index contributed by atoms with van der Waals surface area (Å²) < 4.78 is 0. The van der Waals surface area contributed by atoms with Gasteiger partial charge in [-0.2, -0.15) is 0 Å². The van der Waals surface area contributed by atoms with Crippen LogP contribution < -0.4 is 11.1 Å². The molecule has 48 valence electrons. The third kappa shape index (κ3) is 1.21. The molecule has 1 atom stereocenters. The largest absolute Gasteiger partial charge is 0.367 e. The van der Waals surface area contributed by atoms with Gasteiger partial charge >= 0.3 is 0 Å². The van der Waals surface area contributed by atoms with Crippen LogP contribution in [0.4, 0.5) is 0 Å². The van der Waals surface area contributed by atoms with Gasteiger partial charge in [0.2, 0.25) is 0 Å². The Morgan fingerprint density at radius 3 is 2.67 bits per heavy atom. The molecule has 1 aliphatic heterocycles. The highest BCUT2D eigenvalue weighted by Crippen LogP contribution is 2.02. The first kappa shape index (κ1) is 6.11. The summed E-state index contributed by atoms with van der Waals surface area (Å²) >= 11 is 0. The Morgan fingerprint density at radius 2 is 2.33 bits per heavy atom. The van der Waals surface area contributed by atoms with E-state index in [-0.39, 0.29) is 0 Å². The van der Waals surface area contributed by atoms with Crippen LogP contribution in [0.25, 0.3) is 0 Å². The Kier molecular flexibility index (Phi) is 1.40. The fourth-order valence-electron chi connectivity index (χ4n) is 0.638. The van der Waals surface area contributed by atoms with Crippen molar-refractivity contribution in [2.24, 2.45) is 5.73 Å². The summed E-state index contributed by atoms with van der Waals surface area (Å²) in [6.07, 6.45) is 9.07. The molecule has 0 aliphatic carbocycles. The zero-order valence-corrected chi connectivity index (χ0v) is 5.17. The molecule has 0 spiro atoms. The van der Waals surface area contributed by atoms with E-state index in [1.165, 1.54) is 0 Å². The van der Waals surface area contributed by atoms with E-state index in [9.17, 15) is 0 Å². The summed E-state index contributed by atoms with van der Waals surface area (Å²) in [5, 5.41) is 2.94. The molecule has 0 radical (unpaired) electrons. The van der Waals surface area contributed by atoms with Crippen molar-refractivity contribution in [2.75, 3.05) is 0 Å². The highest BCUT2D eigenvalue weighted by molar-refractivity contribution is 5.23. The van der Waals surface area contributed by atoms with Gasteiger partial charge in [-0.05, 0) is 24.4 Å². The summed E-state index contributed by atoms with van der Waals surface area (Å²) in [6.45, 7) is 3.58. The number of rotatable bonds is 1. The molecule has 0 aromatic rings. The van der Waals surface area contributed by atoms with Crippen LogP contribution in [0, 0.1) is 0 Å². The first-order chi connectivity index (χ1) is 4.27. The molecule has 2 nitrogen and oxygen atoms in total. The first-order valence-corrected chi connectivity index (χ1v) is 2.81. The zero-order valence-electron chi connectivity index (χ0n) is 5.17. The van der Waals surface area contributed by atoms with Gasteiger partial charge in [0, 0.05) is 0 Å². The summed E-state index contributed by atoms with van der Waals surface area (Å²) in [7, 11) is 0. The minimum absolute atomic E-state index is 0.533. The molecule has 1 heterocycles. The van der Waals surface area contributed by atoms with E-state index in [0.29, 0.717) is 0 Å². The van der Waals surface area contributed by atoms with Gasteiger partial charge < -0.3 is 11.1 Å². The van der Waals surface area contributed by atoms with Crippen LogP contribution in [-0.2, 0) is 0 Å². The van der Waals surface area contributed by atoms with E-state index in [4.69, 9.17) is 5.73 Å². The van der Waals surface area contributed by atoms with Crippen molar-refractivity contribution in [1.29, 1.82) is 0 Å². The van der Waals surface area contributed by atoms with Crippen LogP contribution in [0.5, 0.6) is 0 Å². The predicted octanol–water partition coefficient (Wildman–Crippen LogP) is 0.501. The molecule has 3 N–H and O–H groups in total. The highest BCUT2D eigenvalue weighted by atomic mass is 15.1. The molecule has 2 heteroatoms. The minimum Gasteiger partial charge on any atom is -0.367 e. The van der Waals surface area contributed by atoms with E-state index in [2.05, 4.69) is 11.9 Å². The summed E-state index contributed by atoms with van der Waals surface area (Å²) in [6, 6.07) is 0. The Morgan fingerprint density at radius 1 is 1.56 bits per heavy atom. The van der Waals surface area contributed by atoms with Gasteiger partial charge in [0.25, 0.3) is 0 Å². The highest BCUT2D eigenvalue weighted by Gasteiger charge is 2.14. The van der Waals surface area contributed by atoms with E-state index in [1.54, 1.807) is 12.3 Å². The SMILES string of the molecule is C=CC1(N)C=CC=CN1. The molecular weight excluding hydrogens is 112 g/mol. The lowest BCUT2D eigenvalue weighted by atomic mass is 10.1.